The van der Waals surface area contributed by atoms with Crippen molar-refractivity contribution in [3.63, 3.8) is 0 Å². The average Bonchev–Trinajstić information content (AvgIpc) is 2.47. The maximum absolute atomic E-state index is 3.56. The predicted molar refractivity (Wildman–Crippen MR) is 97.9 cm³/mol. The SMILES string of the molecule is CCCCCCCCCCCCC(C)(CNCC)C(C)C. The van der Waals surface area contributed by atoms with E-state index in [-0.39, 0.29) is 0 Å². The second-order valence-electron chi connectivity index (χ2n) is 7.52. The summed E-state index contributed by atoms with van der Waals surface area (Å²) in [4.78, 5) is 0. The molecule has 21 heavy (non-hydrogen) atoms. The van der Waals surface area contributed by atoms with Crippen molar-refractivity contribution in [2.75, 3.05) is 13.1 Å². The highest BCUT2D eigenvalue weighted by Crippen LogP contribution is 2.32. The largest absolute Gasteiger partial charge is 0.316 e. The first-order valence-electron chi connectivity index (χ1n) is 9.77. The quantitative estimate of drug-likeness (QED) is 0.337. The molecule has 0 radical (unpaired) electrons. The fourth-order valence-corrected chi connectivity index (χ4v) is 3.01. The third-order valence-corrected chi connectivity index (χ3v) is 5.27. The lowest BCUT2D eigenvalue weighted by Crippen LogP contribution is -2.36. The molecule has 128 valence electrons. The van der Waals surface area contributed by atoms with Crippen LogP contribution < -0.4 is 5.32 Å². The Hall–Kier alpha value is -0.0400. The summed E-state index contributed by atoms with van der Waals surface area (Å²) in [5.41, 5.74) is 0.482. The molecule has 0 aromatic heterocycles. The van der Waals surface area contributed by atoms with Crippen LogP contribution in [0.5, 0.6) is 0 Å². The second kappa shape index (κ2) is 13.6. The van der Waals surface area contributed by atoms with Crippen molar-refractivity contribution in [1.29, 1.82) is 0 Å². The highest BCUT2D eigenvalue weighted by Gasteiger charge is 2.26. The van der Waals surface area contributed by atoms with Gasteiger partial charge in [0, 0.05) is 6.54 Å². The summed E-state index contributed by atoms with van der Waals surface area (Å²) in [6, 6.07) is 0. The first-order valence-corrected chi connectivity index (χ1v) is 9.77. The van der Waals surface area contributed by atoms with Crippen molar-refractivity contribution in [1.82, 2.24) is 5.32 Å². The van der Waals surface area contributed by atoms with E-state index in [0.717, 1.165) is 12.5 Å². The minimum atomic E-state index is 0.482. The molecule has 0 saturated heterocycles. The Bertz CT molecular complexity index is 212. The molecule has 1 unspecified atom stereocenters. The van der Waals surface area contributed by atoms with Crippen LogP contribution in [0.25, 0.3) is 0 Å². The van der Waals surface area contributed by atoms with Crippen molar-refractivity contribution in [3.8, 4) is 0 Å². The van der Waals surface area contributed by atoms with Gasteiger partial charge in [0.1, 0.15) is 0 Å². The summed E-state index contributed by atoms with van der Waals surface area (Å²) >= 11 is 0. The molecule has 1 N–H and O–H groups in total. The lowest BCUT2D eigenvalue weighted by molar-refractivity contribution is 0.186. The van der Waals surface area contributed by atoms with Crippen molar-refractivity contribution < 1.29 is 0 Å². The van der Waals surface area contributed by atoms with E-state index in [0.29, 0.717) is 5.41 Å². The molecule has 0 aliphatic carbocycles. The van der Waals surface area contributed by atoms with Crippen LogP contribution in [0.3, 0.4) is 0 Å². The second-order valence-corrected chi connectivity index (χ2v) is 7.52. The van der Waals surface area contributed by atoms with Crippen LogP contribution in [-0.4, -0.2) is 13.1 Å². The Morgan fingerprint density at radius 2 is 1.24 bits per heavy atom. The van der Waals surface area contributed by atoms with Gasteiger partial charge in [-0.1, -0.05) is 98.8 Å². The van der Waals surface area contributed by atoms with Gasteiger partial charge in [0.2, 0.25) is 0 Å². The molecule has 0 aromatic carbocycles. The van der Waals surface area contributed by atoms with Gasteiger partial charge in [0.25, 0.3) is 0 Å². The van der Waals surface area contributed by atoms with Gasteiger partial charge in [0.15, 0.2) is 0 Å². The molecule has 0 aliphatic heterocycles. The molecule has 0 aromatic rings. The first-order chi connectivity index (χ1) is 10.1. The third-order valence-electron chi connectivity index (χ3n) is 5.27. The topological polar surface area (TPSA) is 12.0 Å². The highest BCUT2D eigenvalue weighted by atomic mass is 14.9. The van der Waals surface area contributed by atoms with Gasteiger partial charge in [0.05, 0.1) is 0 Å². The zero-order chi connectivity index (χ0) is 16.0. The molecule has 0 amide bonds. The number of unbranched alkanes of at least 4 members (excludes halogenated alkanes) is 9. The van der Waals surface area contributed by atoms with Gasteiger partial charge in [-0.2, -0.15) is 0 Å². The van der Waals surface area contributed by atoms with Crippen molar-refractivity contribution in [3.05, 3.63) is 0 Å². The molecule has 0 heterocycles. The molecule has 1 nitrogen and oxygen atoms in total. The van der Waals surface area contributed by atoms with Gasteiger partial charge in [-0.05, 0) is 24.3 Å². The Labute approximate surface area is 135 Å². The van der Waals surface area contributed by atoms with E-state index < -0.39 is 0 Å². The molecule has 0 aliphatic rings. The minimum Gasteiger partial charge on any atom is -0.316 e. The lowest BCUT2D eigenvalue weighted by atomic mass is 9.75. The van der Waals surface area contributed by atoms with Crippen LogP contribution in [0, 0.1) is 11.3 Å². The standard InChI is InChI=1S/C20H43N/c1-6-8-9-10-11-12-13-14-15-16-17-20(5,19(3)4)18-21-7-2/h19,21H,6-18H2,1-5H3. The molecule has 0 spiro atoms. The van der Waals surface area contributed by atoms with Crippen LogP contribution in [0.15, 0.2) is 0 Å². The van der Waals surface area contributed by atoms with E-state index in [2.05, 4.69) is 39.9 Å². The highest BCUT2D eigenvalue weighted by molar-refractivity contribution is 4.80. The Kier molecular flexibility index (Phi) is 13.6. The molecular formula is C20H43N. The number of hydrogen-bond donors (Lipinski definition) is 1. The number of hydrogen-bond acceptors (Lipinski definition) is 1. The number of nitrogens with one attached hydrogen (secondary N) is 1. The van der Waals surface area contributed by atoms with E-state index in [1.54, 1.807) is 0 Å². The van der Waals surface area contributed by atoms with Gasteiger partial charge < -0.3 is 5.32 Å². The minimum absolute atomic E-state index is 0.482. The normalized spacial score (nSPS) is 14.6. The van der Waals surface area contributed by atoms with Crippen molar-refractivity contribution in [2.45, 2.75) is 105 Å². The maximum Gasteiger partial charge on any atom is 0.000749 e. The zero-order valence-electron chi connectivity index (χ0n) is 15.8. The summed E-state index contributed by atoms with van der Waals surface area (Å²) < 4.78 is 0. The van der Waals surface area contributed by atoms with Gasteiger partial charge in [-0.25, -0.2) is 0 Å². The van der Waals surface area contributed by atoms with Crippen molar-refractivity contribution >= 4 is 0 Å². The van der Waals surface area contributed by atoms with E-state index in [9.17, 15) is 0 Å². The molecule has 1 heteroatoms. The predicted octanol–water partition coefficient (Wildman–Crippen LogP) is 6.57. The fraction of sp³-hybridized carbons (Fsp3) is 1.00. The molecule has 1 atom stereocenters. The molecular weight excluding hydrogens is 254 g/mol. The van der Waals surface area contributed by atoms with Crippen LogP contribution >= 0.6 is 0 Å². The smallest absolute Gasteiger partial charge is 0.000749 e. The summed E-state index contributed by atoms with van der Waals surface area (Å²) in [7, 11) is 0. The van der Waals surface area contributed by atoms with Crippen molar-refractivity contribution in [2.24, 2.45) is 11.3 Å². The van der Waals surface area contributed by atoms with E-state index >= 15 is 0 Å². The third kappa shape index (κ3) is 11.2. The lowest BCUT2D eigenvalue weighted by Gasteiger charge is -2.34. The summed E-state index contributed by atoms with van der Waals surface area (Å²) in [5, 5.41) is 3.56. The van der Waals surface area contributed by atoms with Gasteiger partial charge in [-0.15, -0.1) is 0 Å². The monoisotopic (exact) mass is 297 g/mol. The summed E-state index contributed by atoms with van der Waals surface area (Å²) in [5.74, 6) is 0.773. The fourth-order valence-electron chi connectivity index (χ4n) is 3.01. The summed E-state index contributed by atoms with van der Waals surface area (Å²) in [6.45, 7) is 14.0. The first kappa shape index (κ1) is 21.0. The molecule has 0 fully saturated rings. The molecule has 0 bridgehead atoms. The average molecular weight is 298 g/mol. The van der Waals surface area contributed by atoms with Gasteiger partial charge >= 0.3 is 0 Å². The Balaban J connectivity index is 3.54. The van der Waals surface area contributed by atoms with Crippen LogP contribution in [0.1, 0.15) is 105 Å². The molecule has 0 rings (SSSR count). The maximum atomic E-state index is 3.56. The Morgan fingerprint density at radius 1 is 0.762 bits per heavy atom. The van der Waals surface area contributed by atoms with Crippen LogP contribution in [0.2, 0.25) is 0 Å². The van der Waals surface area contributed by atoms with E-state index in [4.69, 9.17) is 0 Å². The van der Waals surface area contributed by atoms with Crippen LogP contribution in [0.4, 0.5) is 0 Å². The summed E-state index contributed by atoms with van der Waals surface area (Å²) in [6.07, 6.45) is 15.8. The van der Waals surface area contributed by atoms with E-state index in [1.807, 2.05) is 0 Å². The van der Waals surface area contributed by atoms with Gasteiger partial charge in [-0.3, -0.25) is 0 Å². The Morgan fingerprint density at radius 3 is 1.67 bits per heavy atom. The molecule has 0 saturated carbocycles. The number of rotatable bonds is 15. The van der Waals surface area contributed by atoms with E-state index in [1.165, 1.54) is 77.2 Å². The zero-order valence-corrected chi connectivity index (χ0v) is 15.8. The van der Waals surface area contributed by atoms with Crippen LogP contribution in [-0.2, 0) is 0 Å².